The van der Waals surface area contributed by atoms with Crippen LogP contribution in [0.1, 0.15) is 35.8 Å². The number of rotatable bonds is 6. The fourth-order valence-electron chi connectivity index (χ4n) is 4.77. The van der Waals surface area contributed by atoms with Crippen LogP contribution in [0.5, 0.6) is 0 Å². The quantitative estimate of drug-likeness (QED) is 0.624. The number of ether oxygens (including phenoxy) is 1. The topological polar surface area (TPSA) is 82.2 Å². The number of urea groups is 1. The largest absolute Gasteiger partial charge is 0.463 e. The Balaban J connectivity index is 1.61. The van der Waals surface area contributed by atoms with Crippen molar-refractivity contribution >= 4 is 17.9 Å². The Morgan fingerprint density at radius 2 is 1.86 bits per heavy atom. The maximum atomic E-state index is 14.0. The second kappa shape index (κ2) is 10.9. The number of piperazine rings is 1. The summed E-state index contributed by atoms with van der Waals surface area (Å²) in [6.07, 6.45) is 0. The lowest BCUT2D eigenvalue weighted by Gasteiger charge is -2.42. The van der Waals surface area contributed by atoms with Crippen LogP contribution in [0.25, 0.3) is 0 Å². The van der Waals surface area contributed by atoms with Gasteiger partial charge in [0.15, 0.2) is 0 Å². The number of nitrogens with one attached hydrogen (secondary N) is 1. The Morgan fingerprint density at radius 3 is 2.53 bits per heavy atom. The van der Waals surface area contributed by atoms with Gasteiger partial charge in [-0.15, -0.1) is 0 Å². The van der Waals surface area contributed by atoms with Gasteiger partial charge in [-0.1, -0.05) is 30.3 Å². The highest BCUT2D eigenvalue weighted by Gasteiger charge is 2.38. The summed E-state index contributed by atoms with van der Waals surface area (Å²) in [4.78, 5) is 44.3. The zero-order valence-electron chi connectivity index (χ0n) is 20.7. The lowest BCUT2D eigenvalue weighted by atomic mass is 9.94. The third-order valence-electron chi connectivity index (χ3n) is 6.62. The molecule has 1 saturated heterocycles. The number of esters is 1. The Labute approximate surface area is 210 Å². The van der Waals surface area contributed by atoms with Crippen LogP contribution >= 0.6 is 0 Å². The van der Waals surface area contributed by atoms with E-state index < -0.39 is 23.9 Å². The molecule has 2 aromatic rings. The van der Waals surface area contributed by atoms with Crippen LogP contribution in [-0.4, -0.2) is 78.5 Å². The van der Waals surface area contributed by atoms with E-state index in [1.165, 1.54) is 17.0 Å². The molecule has 9 heteroatoms. The summed E-state index contributed by atoms with van der Waals surface area (Å²) < 4.78 is 19.4. The Kier molecular flexibility index (Phi) is 7.69. The number of halogens is 1. The lowest BCUT2D eigenvalue weighted by molar-refractivity contribution is -0.139. The van der Waals surface area contributed by atoms with Crippen molar-refractivity contribution in [1.82, 2.24) is 20.0 Å². The molecule has 1 fully saturated rings. The normalized spacial score (nSPS) is 20.8. The van der Waals surface area contributed by atoms with Gasteiger partial charge < -0.3 is 15.0 Å². The predicted octanol–water partition coefficient (Wildman–Crippen LogP) is 3.19. The lowest BCUT2D eigenvalue weighted by Crippen LogP contribution is -2.56. The maximum absolute atomic E-state index is 14.0. The molecule has 36 heavy (non-hydrogen) atoms. The number of nitrogens with zero attached hydrogens (tertiary/aromatic N) is 3. The highest BCUT2D eigenvalue weighted by Crippen LogP contribution is 2.32. The fourth-order valence-corrected chi connectivity index (χ4v) is 4.77. The first kappa shape index (κ1) is 25.4. The Hall–Kier alpha value is -3.72. The minimum atomic E-state index is -0.836. The van der Waals surface area contributed by atoms with Crippen molar-refractivity contribution in [3.63, 3.8) is 0 Å². The van der Waals surface area contributed by atoms with Crippen molar-refractivity contribution in [2.45, 2.75) is 25.9 Å². The summed E-state index contributed by atoms with van der Waals surface area (Å²) >= 11 is 0. The van der Waals surface area contributed by atoms with E-state index in [-0.39, 0.29) is 24.1 Å². The van der Waals surface area contributed by atoms with Gasteiger partial charge in [-0.2, -0.15) is 0 Å². The van der Waals surface area contributed by atoms with Crippen molar-refractivity contribution in [1.29, 1.82) is 0 Å². The van der Waals surface area contributed by atoms with Crippen LogP contribution in [0.15, 0.2) is 65.9 Å². The molecule has 2 unspecified atom stereocenters. The van der Waals surface area contributed by atoms with E-state index in [2.05, 4.69) is 10.2 Å². The fraction of sp³-hybridized carbons (Fsp3) is 0.370. The number of likely N-dealkylation sites (N-methyl/N-ethyl adjacent to an activating group) is 1. The summed E-state index contributed by atoms with van der Waals surface area (Å²) in [6, 6.07) is 13.7. The highest BCUT2D eigenvalue weighted by molar-refractivity contribution is 5.95. The zero-order valence-corrected chi connectivity index (χ0v) is 20.7. The van der Waals surface area contributed by atoms with Gasteiger partial charge in [0.25, 0.3) is 5.91 Å². The van der Waals surface area contributed by atoms with Gasteiger partial charge in [0.1, 0.15) is 5.82 Å². The molecule has 0 bridgehead atoms. The number of carbonyl (C=O) groups excluding carboxylic acids is 3. The standard InChI is InChI=1S/C27H31FN4O4/c1-4-36-26(34)23-22(30(3)27(35)29-24(23)20-11-8-12-21(28)15-20)17-31-13-14-32(18(2)16-31)25(33)19-9-6-5-7-10-19/h5-12,15,18,24H,4,13-14,16-17H2,1-3H3,(H,29,35). The SMILES string of the molecule is CCOC(=O)C1=C(CN2CCN(C(=O)c3ccccc3)C(C)C2)N(C)C(=O)NC1c1cccc(F)c1. The zero-order chi connectivity index (χ0) is 25.8. The smallest absolute Gasteiger partial charge is 0.338 e. The summed E-state index contributed by atoms with van der Waals surface area (Å²) in [5.74, 6) is -1.03. The monoisotopic (exact) mass is 494 g/mol. The molecule has 2 aromatic carbocycles. The summed E-state index contributed by atoms with van der Waals surface area (Å²) in [5.41, 5.74) is 1.89. The minimum absolute atomic E-state index is 0.0190. The number of benzene rings is 2. The molecule has 2 aliphatic heterocycles. The molecule has 1 N–H and O–H groups in total. The van der Waals surface area contributed by atoms with Gasteiger partial charge in [0.2, 0.25) is 0 Å². The van der Waals surface area contributed by atoms with Crippen LogP contribution in [-0.2, 0) is 9.53 Å². The van der Waals surface area contributed by atoms with Gasteiger partial charge in [0.05, 0.1) is 18.2 Å². The molecule has 0 aliphatic carbocycles. The highest BCUT2D eigenvalue weighted by atomic mass is 19.1. The third kappa shape index (κ3) is 5.26. The number of hydrogen-bond acceptors (Lipinski definition) is 5. The molecule has 190 valence electrons. The molecule has 0 spiro atoms. The number of hydrogen-bond donors (Lipinski definition) is 1. The molecule has 0 saturated carbocycles. The molecule has 2 atom stereocenters. The molecule has 2 heterocycles. The minimum Gasteiger partial charge on any atom is -0.463 e. The van der Waals surface area contributed by atoms with Crippen LogP contribution in [0.2, 0.25) is 0 Å². The average Bonchev–Trinajstić information content (AvgIpc) is 2.87. The van der Waals surface area contributed by atoms with E-state index in [1.807, 2.05) is 30.0 Å². The van der Waals surface area contributed by atoms with Crippen molar-refractivity contribution in [2.75, 3.05) is 39.8 Å². The van der Waals surface area contributed by atoms with Crippen LogP contribution in [0.4, 0.5) is 9.18 Å². The maximum Gasteiger partial charge on any atom is 0.338 e. The molecule has 2 aliphatic rings. The second-order valence-corrected chi connectivity index (χ2v) is 9.03. The Bertz CT molecular complexity index is 1170. The molecule has 0 aromatic heterocycles. The summed E-state index contributed by atoms with van der Waals surface area (Å²) in [7, 11) is 1.60. The van der Waals surface area contributed by atoms with Crippen molar-refractivity contribution in [3.8, 4) is 0 Å². The van der Waals surface area contributed by atoms with Gasteiger partial charge in [0, 0.05) is 50.5 Å². The van der Waals surface area contributed by atoms with Crippen LogP contribution in [0.3, 0.4) is 0 Å². The van der Waals surface area contributed by atoms with Crippen LogP contribution < -0.4 is 5.32 Å². The van der Waals surface area contributed by atoms with Crippen molar-refractivity contribution in [3.05, 3.63) is 82.8 Å². The van der Waals surface area contributed by atoms with Crippen molar-refractivity contribution in [2.24, 2.45) is 0 Å². The molecule has 0 radical (unpaired) electrons. The van der Waals surface area contributed by atoms with Crippen LogP contribution in [0, 0.1) is 5.82 Å². The predicted molar refractivity (Wildman–Crippen MR) is 132 cm³/mol. The first-order chi connectivity index (χ1) is 17.3. The molecule has 4 rings (SSSR count). The molecular weight excluding hydrogens is 463 g/mol. The number of carbonyl (C=O) groups is 3. The van der Waals surface area contributed by atoms with E-state index in [0.29, 0.717) is 43.0 Å². The van der Waals surface area contributed by atoms with E-state index in [1.54, 1.807) is 38.2 Å². The molecular formula is C27H31FN4O4. The van der Waals surface area contributed by atoms with E-state index >= 15 is 0 Å². The number of amides is 3. The van der Waals surface area contributed by atoms with E-state index in [0.717, 1.165) is 0 Å². The van der Waals surface area contributed by atoms with Gasteiger partial charge in [-0.25, -0.2) is 14.0 Å². The average molecular weight is 495 g/mol. The van der Waals surface area contributed by atoms with Gasteiger partial charge >= 0.3 is 12.0 Å². The first-order valence-electron chi connectivity index (χ1n) is 12.1. The second-order valence-electron chi connectivity index (χ2n) is 9.03. The molecule has 3 amide bonds. The summed E-state index contributed by atoms with van der Waals surface area (Å²) in [5, 5.41) is 2.81. The summed E-state index contributed by atoms with van der Waals surface area (Å²) in [6.45, 7) is 5.83. The Morgan fingerprint density at radius 1 is 1.11 bits per heavy atom. The van der Waals surface area contributed by atoms with Gasteiger partial charge in [-0.05, 0) is 43.7 Å². The molecule has 8 nitrogen and oxygen atoms in total. The van der Waals surface area contributed by atoms with E-state index in [9.17, 15) is 18.8 Å². The van der Waals surface area contributed by atoms with Gasteiger partial charge in [-0.3, -0.25) is 14.6 Å². The van der Waals surface area contributed by atoms with Crippen molar-refractivity contribution < 1.29 is 23.5 Å². The third-order valence-corrected chi connectivity index (χ3v) is 6.62. The first-order valence-corrected chi connectivity index (χ1v) is 12.1. The van der Waals surface area contributed by atoms with E-state index in [4.69, 9.17) is 4.74 Å².